The zero-order valence-electron chi connectivity index (χ0n) is 10.3. The van der Waals surface area contributed by atoms with Crippen molar-refractivity contribution < 1.29 is 22.8 Å². The van der Waals surface area contributed by atoms with Gasteiger partial charge in [-0.3, -0.25) is 14.5 Å². The molecule has 0 fully saturated rings. The lowest BCUT2D eigenvalue weighted by atomic mass is 10.1. The van der Waals surface area contributed by atoms with Gasteiger partial charge in [0.05, 0.1) is 17.5 Å². The normalized spacial score (nSPS) is 16.5. The van der Waals surface area contributed by atoms with Crippen LogP contribution in [0.4, 0.5) is 13.2 Å². The fraction of sp³-hybridized carbons (Fsp3) is 0.385. The van der Waals surface area contributed by atoms with Crippen molar-refractivity contribution in [3.63, 3.8) is 0 Å². The van der Waals surface area contributed by atoms with E-state index in [-0.39, 0.29) is 13.0 Å². The molecule has 1 atom stereocenters. The first-order valence-corrected chi connectivity index (χ1v) is 7.20. The van der Waals surface area contributed by atoms with E-state index in [0.717, 1.165) is 4.90 Å². The van der Waals surface area contributed by atoms with Crippen LogP contribution >= 0.6 is 22.6 Å². The van der Waals surface area contributed by atoms with Gasteiger partial charge in [0.2, 0.25) is 0 Å². The molecule has 1 aromatic carbocycles. The number of hydrogen-bond acceptors (Lipinski definition) is 2. The number of fused-ring (bicyclic) bond motifs is 1. The molecule has 0 bridgehead atoms. The van der Waals surface area contributed by atoms with Crippen LogP contribution < -0.4 is 0 Å². The Morgan fingerprint density at radius 3 is 2.05 bits per heavy atom. The maximum Gasteiger partial charge on any atom is 0.390 e. The number of carbonyl (C=O) groups excluding carboxylic acids is 2. The van der Waals surface area contributed by atoms with Crippen LogP contribution in [0.5, 0.6) is 0 Å². The number of hydrogen-bond donors (Lipinski definition) is 0. The van der Waals surface area contributed by atoms with Crippen LogP contribution in [-0.2, 0) is 0 Å². The van der Waals surface area contributed by atoms with E-state index < -0.39 is 28.3 Å². The second kappa shape index (κ2) is 5.71. The Bertz CT molecular complexity index is 510. The Labute approximate surface area is 127 Å². The van der Waals surface area contributed by atoms with E-state index in [1.54, 1.807) is 46.9 Å². The smallest absolute Gasteiger partial charge is 0.274 e. The zero-order valence-corrected chi connectivity index (χ0v) is 12.4. The first-order valence-electron chi connectivity index (χ1n) is 5.95. The number of alkyl halides is 4. The molecule has 1 aliphatic heterocycles. The Morgan fingerprint density at radius 1 is 1.10 bits per heavy atom. The number of nitrogens with zero attached hydrogens (tertiary/aromatic N) is 1. The highest BCUT2D eigenvalue weighted by Crippen LogP contribution is 2.28. The summed E-state index contributed by atoms with van der Waals surface area (Å²) in [4.78, 5) is 25.0. The highest BCUT2D eigenvalue weighted by Gasteiger charge is 2.36. The molecule has 2 amide bonds. The van der Waals surface area contributed by atoms with Crippen LogP contribution in [-0.4, -0.2) is 33.4 Å². The lowest BCUT2D eigenvalue weighted by Gasteiger charge is -2.17. The van der Waals surface area contributed by atoms with Crippen LogP contribution in [0.1, 0.15) is 33.6 Å². The van der Waals surface area contributed by atoms with Crippen molar-refractivity contribution in [1.82, 2.24) is 4.90 Å². The van der Waals surface area contributed by atoms with Crippen LogP contribution in [0.25, 0.3) is 0 Å². The van der Waals surface area contributed by atoms with E-state index in [9.17, 15) is 22.8 Å². The summed E-state index contributed by atoms with van der Waals surface area (Å²) in [6.07, 6.45) is -5.02. The molecule has 0 radical (unpaired) electrons. The molecule has 1 aromatic rings. The van der Waals surface area contributed by atoms with E-state index in [0.29, 0.717) is 11.1 Å². The third-order valence-corrected chi connectivity index (χ3v) is 4.06. The van der Waals surface area contributed by atoms with Crippen molar-refractivity contribution in [3.05, 3.63) is 35.4 Å². The van der Waals surface area contributed by atoms with Gasteiger partial charge in [-0.1, -0.05) is 34.7 Å². The highest BCUT2D eigenvalue weighted by atomic mass is 127. The van der Waals surface area contributed by atoms with Gasteiger partial charge in [0.1, 0.15) is 0 Å². The maximum absolute atomic E-state index is 12.2. The van der Waals surface area contributed by atoms with Crippen molar-refractivity contribution in [2.75, 3.05) is 6.54 Å². The third-order valence-electron chi connectivity index (χ3n) is 3.00. The summed E-state index contributed by atoms with van der Waals surface area (Å²) in [5.74, 6) is -0.859. The average Bonchev–Trinajstić information content (AvgIpc) is 2.59. The summed E-state index contributed by atoms with van der Waals surface area (Å²) >= 11 is 1.70. The quantitative estimate of drug-likeness (QED) is 0.444. The van der Waals surface area contributed by atoms with E-state index >= 15 is 0 Å². The second-order valence-electron chi connectivity index (χ2n) is 4.51. The van der Waals surface area contributed by atoms with Crippen molar-refractivity contribution in [2.24, 2.45) is 0 Å². The van der Waals surface area contributed by atoms with E-state index in [4.69, 9.17) is 0 Å². The van der Waals surface area contributed by atoms with Gasteiger partial charge in [-0.25, -0.2) is 0 Å². The van der Waals surface area contributed by atoms with Crippen molar-refractivity contribution in [3.8, 4) is 0 Å². The summed E-state index contributed by atoms with van der Waals surface area (Å²) < 4.78 is 36.0. The zero-order chi connectivity index (χ0) is 14.9. The minimum absolute atomic E-state index is 0.00995. The molecule has 7 heteroatoms. The average molecular weight is 397 g/mol. The molecule has 1 heterocycles. The van der Waals surface area contributed by atoms with Gasteiger partial charge >= 0.3 is 6.18 Å². The SMILES string of the molecule is O=C1c2ccccc2C(=O)N1CCC(I)CC(F)(F)F. The summed E-state index contributed by atoms with van der Waals surface area (Å²) in [6, 6.07) is 6.40. The number of amides is 2. The number of rotatable bonds is 4. The molecule has 1 aliphatic rings. The van der Waals surface area contributed by atoms with Crippen LogP contribution in [0, 0.1) is 0 Å². The molecular formula is C13H11F3INO2. The predicted molar refractivity (Wildman–Crippen MR) is 74.9 cm³/mol. The molecule has 2 rings (SSSR count). The molecule has 108 valence electrons. The van der Waals surface area contributed by atoms with Gasteiger partial charge in [-0.05, 0) is 18.6 Å². The molecule has 0 aliphatic carbocycles. The highest BCUT2D eigenvalue weighted by molar-refractivity contribution is 14.1. The van der Waals surface area contributed by atoms with Gasteiger partial charge in [0.15, 0.2) is 0 Å². The van der Waals surface area contributed by atoms with E-state index in [2.05, 4.69) is 0 Å². The van der Waals surface area contributed by atoms with Crippen molar-refractivity contribution in [1.29, 1.82) is 0 Å². The number of imide groups is 1. The largest absolute Gasteiger partial charge is 0.390 e. The molecule has 0 saturated carbocycles. The Kier molecular flexibility index (Phi) is 4.36. The van der Waals surface area contributed by atoms with Gasteiger partial charge in [-0.15, -0.1) is 0 Å². The van der Waals surface area contributed by atoms with Crippen molar-refractivity contribution in [2.45, 2.75) is 22.9 Å². The minimum Gasteiger partial charge on any atom is -0.274 e. The molecular weight excluding hydrogens is 386 g/mol. The van der Waals surface area contributed by atoms with Gasteiger partial charge < -0.3 is 0 Å². The van der Waals surface area contributed by atoms with Crippen LogP contribution in [0.2, 0.25) is 0 Å². The van der Waals surface area contributed by atoms with Crippen LogP contribution in [0.15, 0.2) is 24.3 Å². The molecule has 3 nitrogen and oxygen atoms in total. The van der Waals surface area contributed by atoms with Crippen LogP contribution in [0.3, 0.4) is 0 Å². The fourth-order valence-corrected chi connectivity index (χ4v) is 2.84. The van der Waals surface area contributed by atoms with Gasteiger partial charge in [-0.2, -0.15) is 13.2 Å². The Morgan fingerprint density at radius 2 is 1.60 bits per heavy atom. The first kappa shape index (κ1) is 15.3. The second-order valence-corrected chi connectivity index (χ2v) is 6.27. The summed E-state index contributed by atoms with van der Waals surface area (Å²) in [5.41, 5.74) is 0.636. The summed E-state index contributed by atoms with van der Waals surface area (Å²) in [5, 5.41) is 0. The molecule has 0 saturated heterocycles. The number of carbonyl (C=O) groups is 2. The topological polar surface area (TPSA) is 37.4 Å². The molecule has 20 heavy (non-hydrogen) atoms. The Balaban J connectivity index is 1.99. The maximum atomic E-state index is 12.2. The Hall–Kier alpha value is -1.12. The first-order chi connectivity index (χ1) is 9.29. The van der Waals surface area contributed by atoms with E-state index in [1.807, 2.05) is 0 Å². The summed E-state index contributed by atoms with van der Waals surface area (Å²) in [6.45, 7) is 0.00995. The lowest BCUT2D eigenvalue weighted by Crippen LogP contribution is -2.32. The van der Waals surface area contributed by atoms with Gasteiger partial charge in [0, 0.05) is 10.5 Å². The van der Waals surface area contributed by atoms with Crippen molar-refractivity contribution >= 4 is 34.4 Å². The molecule has 0 spiro atoms. The molecule has 0 N–H and O–H groups in total. The number of benzene rings is 1. The van der Waals surface area contributed by atoms with E-state index in [1.165, 1.54) is 0 Å². The standard InChI is InChI=1S/C13H11F3INO2/c14-13(15,16)7-8(17)5-6-18-11(19)9-3-1-2-4-10(9)12(18)20/h1-4,8H,5-7H2. The molecule has 0 aromatic heterocycles. The fourth-order valence-electron chi connectivity index (χ4n) is 2.06. The minimum atomic E-state index is -4.23. The summed E-state index contributed by atoms with van der Waals surface area (Å²) in [7, 11) is 0. The monoisotopic (exact) mass is 397 g/mol. The number of halogens is 4. The lowest BCUT2D eigenvalue weighted by molar-refractivity contribution is -0.133. The predicted octanol–water partition coefficient (Wildman–Crippen LogP) is 3.43. The van der Waals surface area contributed by atoms with Gasteiger partial charge in [0.25, 0.3) is 11.8 Å². The molecule has 1 unspecified atom stereocenters. The third kappa shape index (κ3) is 3.31.